The molecule has 0 saturated heterocycles. The molecular formula is C15H12Cl2N2O4S2. The molecule has 0 atom stereocenters. The quantitative estimate of drug-likeness (QED) is 0.607. The van der Waals surface area contributed by atoms with E-state index in [1.54, 1.807) is 26.0 Å². The summed E-state index contributed by atoms with van der Waals surface area (Å²) in [7, 11) is -3.16. The van der Waals surface area contributed by atoms with Crippen LogP contribution >= 0.6 is 22.3 Å². The topological polar surface area (TPSA) is 86.1 Å². The van der Waals surface area contributed by atoms with Gasteiger partial charge in [-0.25, -0.2) is 25.8 Å². The van der Waals surface area contributed by atoms with Gasteiger partial charge in [-0.1, -0.05) is 29.3 Å². The molecule has 10 heteroatoms. The van der Waals surface area contributed by atoms with E-state index in [9.17, 15) is 16.8 Å². The summed E-state index contributed by atoms with van der Waals surface area (Å²) in [5.74, 6) is 0. The number of benzene rings is 1. The highest BCUT2D eigenvalue weighted by Gasteiger charge is 2.30. The lowest BCUT2D eigenvalue weighted by Crippen LogP contribution is -2.17. The molecule has 0 spiro atoms. The molecule has 0 saturated carbocycles. The third kappa shape index (κ3) is 3.03. The van der Waals surface area contributed by atoms with E-state index in [0.717, 1.165) is 11.6 Å². The second kappa shape index (κ2) is 5.98. The first-order valence-corrected chi connectivity index (χ1v) is 11.1. The largest absolute Gasteiger partial charge is 0.277 e. The number of nitrogens with zero attached hydrogens (tertiary/aromatic N) is 2. The van der Waals surface area contributed by atoms with Gasteiger partial charge in [-0.3, -0.25) is 0 Å². The van der Waals surface area contributed by atoms with E-state index in [1.165, 1.54) is 18.3 Å². The molecule has 0 aliphatic rings. The minimum Gasteiger partial charge on any atom is -0.237 e. The first kappa shape index (κ1) is 18.2. The zero-order valence-corrected chi connectivity index (χ0v) is 16.2. The van der Waals surface area contributed by atoms with E-state index in [2.05, 4.69) is 4.98 Å². The maximum Gasteiger partial charge on any atom is 0.277 e. The lowest BCUT2D eigenvalue weighted by molar-refractivity contribution is 0.578. The van der Waals surface area contributed by atoms with Crippen molar-refractivity contribution in [1.29, 1.82) is 0 Å². The van der Waals surface area contributed by atoms with Gasteiger partial charge in [0, 0.05) is 22.3 Å². The lowest BCUT2D eigenvalue weighted by Gasteiger charge is -2.10. The van der Waals surface area contributed by atoms with Gasteiger partial charge >= 0.3 is 0 Å². The summed E-state index contributed by atoms with van der Waals surface area (Å²) in [5.41, 5.74) is 1.34. The zero-order chi connectivity index (χ0) is 18.6. The Morgan fingerprint density at radius 1 is 1.04 bits per heavy atom. The molecule has 0 aliphatic heterocycles. The van der Waals surface area contributed by atoms with Gasteiger partial charge in [0.1, 0.15) is 0 Å². The number of aromatic nitrogens is 2. The molecule has 3 rings (SSSR count). The van der Waals surface area contributed by atoms with Crippen LogP contribution in [0.2, 0.25) is 5.02 Å². The molecule has 25 heavy (non-hydrogen) atoms. The highest BCUT2D eigenvalue weighted by molar-refractivity contribution is 8.14. The first-order chi connectivity index (χ1) is 11.5. The lowest BCUT2D eigenvalue weighted by atomic mass is 10.2. The molecule has 1 aromatic carbocycles. The smallest absolute Gasteiger partial charge is 0.237 e. The molecular weight excluding hydrogens is 407 g/mol. The Kier molecular flexibility index (Phi) is 4.35. The Morgan fingerprint density at radius 3 is 2.20 bits per heavy atom. The van der Waals surface area contributed by atoms with Gasteiger partial charge in [0.2, 0.25) is 0 Å². The fraction of sp³-hybridized carbons (Fsp3) is 0.133. The van der Waals surface area contributed by atoms with Crippen LogP contribution in [-0.2, 0) is 19.1 Å². The van der Waals surface area contributed by atoms with Crippen molar-refractivity contribution in [3.63, 3.8) is 0 Å². The minimum absolute atomic E-state index is 0.0873. The average molecular weight is 419 g/mol. The molecule has 2 heterocycles. The van der Waals surface area contributed by atoms with E-state index in [0.29, 0.717) is 9.54 Å². The molecule has 0 unspecified atom stereocenters. The van der Waals surface area contributed by atoms with Gasteiger partial charge in [0.05, 0.1) is 9.92 Å². The summed E-state index contributed by atoms with van der Waals surface area (Å²) in [6, 6.07) is 7.11. The van der Waals surface area contributed by atoms with Crippen molar-refractivity contribution in [1.82, 2.24) is 8.96 Å². The van der Waals surface area contributed by atoms with E-state index in [-0.39, 0.29) is 21.0 Å². The highest BCUT2D eigenvalue weighted by Crippen LogP contribution is 2.34. The summed E-state index contributed by atoms with van der Waals surface area (Å²) in [6.07, 6.45) is 1.37. The highest BCUT2D eigenvalue weighted by atomic mass is 35.7. The molecule has 3 aromatic rings. The monoisotopic (exact) mass is 418 g/mol. The van der Waals surface area contributed by atoms with E-state index >= 15 is 0 Å². The summed E-state index contributed by atoms with van der Waals surface area (Å²) < 4.78 is 50.6. The fourth-order valence-electron chi connectivity index (χ4n) is 2.39. The normalized spacial score (nSPS) is 12.6. The number of aryl methyl sites for hydroxylation is 2. The molecule has 0 radical (unpaired) electrons. The molecule has 0 N–H and O–H groups in total. The second-order valence-electron chi connectivity index (χ2n) is 5.50. The molecule has 0 amide bonds. The van der Waals surface area contributed by atoms with Crippen molar-refractivity contribution in [3.05, 3.63) is 52.7 Å². The third-order valence-corrected chi connectivity index (χ3v) is 7.28. The summed E-state index contributed by atoms with van der Waals surface area (Å²) in [5, 5.41) is -0.203. The van der Waals surface area contributed by atoms with Gasteiger partial charge < -0.3 is 0 Å². The van der Waals surface area contributed by atoms with Gasteiger partial charge in [-0.2, -0.15) is 0 Å². The Morgan fingerprint density at radius 2 is 1.64 bits per heavy atom. The van der Waals surface area contributed by atoms with Crippen LogP contribution in [0.25, 0.3) is 11.0 Å². The van der Waals surface area contributed by atoms with Crippen LogP contribution in [0.5, 0.6) is 0 Å². The summed E-state index contributed by atoms with van der Waals surface area (Å²) >= 11 is 6.19. The average Bonchev–Trinajstić information content (AvgIpc) is 2.92. The van der Waals surface area contributed by atoms with Crippen molar-refractivity contribution < 1.29 is 16.8 Å². The van der Waals surface area contributed by atoms with Gasteiger partial charge in [0.15, 0.2) is 10.7 Å². The molecule has 0 aliphatic carbocycles. The number of pyridine rings is 1. The zero-order valence-electron chi connectivity index (χ0n) is 13.1. The predicted octanol–water partition coefficient (Wildman–Crippen LogP) is 3.47. The van der Waals surface area contributed by atoms with Gasteiger partial charge in [0.25, 0.3) is 19.1 Å². The third-order valence-electron chi connectivity index (χ3n) is 3.67. The van der Waals surface area contributed by atoms with Crippen molar-refractivity contribution >= 4 is 52.4 Å². The van der Waals surface area contributed by atoms with Crippen LogP contribution in [0, 0.1) is 13.8 Å². The first-order valence-electron chi connectivity index (χ1n) is 6.97. The van der Waals surface area contributed by atoms with Crippen LogP contribution < -0.4 is 0 Å². The number of hydrogen-bond donors (Lipinski definition) is 0. The SMILES string of the molecule is Cc1ccc(S(=O)(=O)n2c(S(=O)(=O)Cl)cc3c(Cl)c(C)cnc32)cc1. The van der Waals surface area contributed by atoms with E-state index < -0.39 is 24.1 Å². The number of hydrogen-bond acceptors (Lipinski definition) is 5. The summed E-state index contributed by atoms with van der Waals surface area (Å²) in [6.45, 7) is 3.48. The minimum atomic E-state index is -4.37. The molecule has 0 fully saturated rings. The number of halogens is 2. The number of fused-ring (bicyclic) bond motifs is 1. The van der Waals surface area contributed by atoms with Crippen molar-refractivity contribution in [2.45, 2.75) is 23.8 Å². The second-order valence-corrected chi connectivity index (χ2v) is 10.2. The Hall–Kier alpha value is -1.61. The van der Waals surface area contributed by atoms with E-state index in [4.69, 9.17) is 22.3 Å². The Bertz CT molecular complexity index is 1200. The van der Waals surface area contributed by atoms with Crippen molar-refractivity contribution in [3.8, 4) is 0 Å². The van der Waals surface area contributed by atoms with Crippen LogP contribution in [0.4, 0.5) is 0 Å². The van der Waals surface area contributed by atoms with E-state index in [1.807, 2.05) is 0 Å². The Labute approximate surface area is 154 Å². The van der Waals surface area contributed by atoms with Crippen molar-refractivity contribution in [2.75, 3.05) is 0 Å². The maximum absolute atomic E-state index is 13.0. The Balaban J connectivity index is 2.46. The molecule has 132 valence electrons. The molecule has 0 bridgehead atoms. The van der Waals surface area contributed by atoms with Gasteiger partial charge in [-0.15, -0.1) is 0 Å². The van der Waals surface area contributed by atoms with Crippen LogP contribution in [0.15, 0.2) is 46.5 Å². The predicted molar refractivity (Wildman–Crippen MR) is 96.3 cm³/mol. The van der Waals surface area contributed by atoms with Crippen LogP contribution in [0.1, 0.15) is 11.1 Å². The molecule has 6 nitrogen and oxygen atoms in total. The standard InChI is InChI=1S/C15H12Cl2N2O4S2/c1-9-3-5-11(6-4-9)25(22,23)19-13(24(17,20)21)7-12-14(16)10(2)8-18-15(12)19/h3-8H,1-2H3. The number of rotatable bonds is 3. The fourth-order valence-corrected chi connectivity index (χ4v) is 5.53. The summed E-state index contributed by atoms with van der Waals surface area (Å²) in [4.78, 5) is 3.97. The van der Waals surface area contributed by atoms with Gasteiger partial charge in [-0.05, 0) is 37.6 Å². The van der Waals surface area contributed by atoms with Crippen LogP contribution in [-0.4, -0.2) is 25.8 Å². The molecule has 2 aromatic heterocycles. The van der Waals surface area contributed by atoms with Crippen LogP contribution in [0.3, 0.4) is 0 Å². The van der Waals surface area contributed by atoms with Crippen molar-refractivity contribution in [2.24, 2.45) is 0 Å². The maximum atomic E-state index is 13.0.